The lowest BCUT2D eigenvalue weighted by Crippen LogP contribution is -2.14. The minimum atomic E-state index is 0.425. The van der Waals surface area contributed by atoms with Crippen molar-refractivity contribution >= 4 is 22.4 Å². The number of nitrogens with zero attached hydrogens (tertiary/aromatic N) is 1. The van der Waals surface area contributed by atoms with Gasteiger partial charge in [-0.2, -0.15) is 0 Å². The number of fused-ring (bicyclic) bond motifs is 1. The average Bonchev–Trinajstić information content (AvgIpc) is 2.29. The van der Waals surface area contributed by atoms with E-state index in [1.807, 2.05) is 24.4 Å². The van der Waals surface area contributed by atoms with Crippen LogP contribution in [0.5, 0.6) is 0 Å². The largest absolute Gasteiger partial charge is 0.330 e. The molecular formula is C13H15ClN2. The van der Waals surface area contributed by atoms with Crippen LogP contribution in [0.2, 0.25) is 5.02 Å². The molecule has 0 amide bonds. The van der Waals surface area contributed by atoms with E-state index in [1.165, 1.54) is 0 Å². The first-order chi connectivity index (χ1) is 7.72. The van der Waals surface area contributed by atoms with Crippen LogP contribution < -0.4 is 5.73 Å². The topological polar surface area (TPSA) is 38.9 Å². The maximum atomic E-state index is 6.22. The molecule has 1 aromatic carbocycles. The number of pyridine rings is 1. The van der Waals surface area contributed by atoms with Crippen LogP contribution in [0.1, 0.15) is 12.6 Å². The zero-order valence-electron chi connectivity index (χ0n) is 9.28. The smallest absolute Gasteiger partial charge is 0.0502 e. The Morgan fingerprint density at radius 1 is 1.38 bits per heavy atom. The lowest BCUT2D eigenvalue weighted by Gasteiger charge is -2.11. The summed E-state index contributed by atoms with van der Waals surface area (Å²) in [6, 6.07) is 7.90. The zero-order chi connectivity index (χ0) is 11.5. The summed E-state index contributed by atoms with van der Waals surface area (Å²) >= 11 is 6.22. The van der Waals surface area contributed by atoms with Crippen LogP contribution in [0.3, 0.4) is 0 Å². The molecule has 1 aromatic heterocycles. The van der Waals surface area contributed by atoms with Crippen molar-refractivity contribution in [2.45, 2.75) is 13.3 Å². The first-order valence-electron chi connectivity index (χ1n) is 5.44. The second-order valence-electron chi connectivity index (χ2n) is 4.14. The highest BCUT2D eigenvalue weighted by Gasteiger charge is 2.09. The van der Waals surface area contributed by atoms with Crippen LogP contribution in [0.25, 0.3) is 10.8 Å². The van der Waals surface area contributed by atoms with Gasteiger partial charge >= 0.3 is 0 Å². The van der Waals surface area contributed by atoms with E-state index in [9.17, 15) is 0 Å². The number of hydrogen-bond donors (Lipinski definition) is 1. The molecular weight excluding hydrogens is 220 g/mol. The van der Waals surface area contributed by atoms with Crippen LogP contribution in [0.4, 0.5) is 0 Å². The summed E-state index contributed by atoms with van der Waals surface area (Å²) in [7, 11) is 0. The lowest BCUT2D eigenvalue weighted by atomic mass is 10.0. The number of aromatic nitrogens is 1. The summed E-state index contributed by atoms with van der Waals surface area (Å²) in [4.78, 5) is 4.42. The van der Waals surface area contributed by atoms with E-state index in [0.717, 1.165) is 27.9 Å². The maximum Gasteiger partial charge on any atom is 0.0502 e. The first kappa shape index (κ1) is 11.4. The van der Waals surface area contributed by atoms with Gasteiger partial charge in [0.2, 0.25) is 0 Å². The van der Waals surface area contributed by atoms with Gasteiger partial charge in [0.05, 0.1) is 5.02 Å². The molecule has 2 N–H and O–H groups in total. The molecule has 1 unspecified atom stereocenters. The predicted octanol–water partition coefficient (Wildman–Crippen LogP) is 3.03. The molecule has 0 radical (unpaired) electrons. The molecule has 16 heavy (non-hydrogen) atoms. The van der Waals surface area contributed by atoms with Gasteiger partial charge in [0.25, 0.3) is 0 Å². The van der Waals surface area contributed by atoms with E-state index in [4.69, 9.17) is 17.3 Å². The number of benzene rings is 1. The van der Waals surface area contributed by atoms with E-state index in [-0.39, 0.29) is 0 Å². The second kappa shape index (κ2) is 4.81. The highest BCUT2D eigenvalue weighted by molar-refractivity contribution is 6.35. The fraction of sp³-hybridized carbons (Fsp3) is 0.308. The maximum absolute atomic E-state index is 6.22. The SMILES string of the molecule is CC(CN)Cc1nccc2cccc(Cl)c12. The Hall–Kier alpha value is -1.12. The molecule has 0 aliphatic carbocycles. The third-order valence-corrected chi connectivity index (χ3v) is 3.08. The van der Waals surface area contributed by atoms with E-state index in [0.29, 0.717) is 12.5 Å². The summed E-state index contributed by atoms with van der Waals surface area (Å²) in [5.41, 5.74) is 6.68. The highest BCUT2D eigenvalue weighted by atomic mass is 35.5. The van der Waals surface area contributed by atoms with Gasteiger partial charge in [-0.25, -0.2) is 0 Å². The van der Waals surface area contributed by atoms with E-state index in [2.05, 4.69) is 18.0 Å². The molecule has 1 heterocycles. The third-order valence-electron chi connectivity index (χ3n) is 2.76. The van der Waals surface area contributed by atoms with Crippen molar-refractivity contribution < 1.29 is 0 Å². The predicted molar refractivity (Wildman–Crippen MR) is 68.7 cm³/mol. The van der Waals surface area contributed by atoms with Crippen LogP contribution in [-0.2, 0) is 6.42 Å². The first-order valence-corrected chi connectivity index (χ1v) is 5.82. The number of halogens is 1. The van der Waals surface area contributed by atoms with Gasteiger partial charge in [-0.15, -0.1) is 0 Å². The van der Waals surface area contributed by atoms with Crippen molar-refractivity contribution in [2.75, 3.05) is 6.54 Å². The standard InChI is InChI=1S/C13H15ClN2/c1-9(8-15)7-12-13-10(5-6-16-12)3-2-4-11(13)14/h2-6,9H,7-8,15H2,1H3. The van der Waals surface area contributed by atoms with Crippen LogP contribution >= 0.6 is 11.6 Å². The van der Waals surface area contributed by atoms with Gasteiger partial charge in [0, 0.05) is 17.3 Å². The monoisotopic (exact) mass is 234 g/mol. The van der Waals surface area contributed by atoms with Crippen LogP contribution in [0.15, 0.2) is 30.5 Å². The van der Waals surface area contributed by atoms with Gasteiger partial charge in [0.15, 0.2) is 0 Å². The van der Waals surface area contributed by atoms with Gasteiger partial charge in [-0.05, 0) is 36.4 Å². The molecule has 0 aliphatic rings. The number of hydrogen-bond acceptors (Lipinski definition) is 2. The fourth-order valence-corrected chi connectivity index (χ4v) is 2.12. The fourth-order valence-electron chi connectivity index (χ4n) is 1.82. The Morgan fingerprint density at radius 2 is 2.19 bits per heavy atom. The molecule has 0 spiro atoms. The number of rotatable bonds is 3. The summed E-state index contributed by atoms with van der Waals surface area (Å²) < 4.78 is 0. The molecule has 84 valence electrons. The van der Waals surface area contributed by atoms with E-state index < -0.39 is 0 Å². The summed E-state index contributed by atoms with van der Waals surface area (Å²) in [5, 5.41) is 2.97. The quantitative estimate of drug-likeness (QED) is 0.887. The van der Waals surface area contributed by atoms with Crippen molar-refractivity contribution in [3.8, 4) is 0 Å². The molecule has 0 aliphatic heterocycles. The third kappa shape index (κ3) is 2.18. The Bertz CT molecular complexity index is 491. The Kier molecular flexibility index (Phi) is 3.42. The van der Waals surface area contributed by atoms with Gasteiger partial charge in [0.1, 0.15) is 0 Å². The summed E-state index contributed by atoms with van der Waals surface area (Å²) in [6.07, 6.45) is 2.70. The normalized spacial score (nSPS) is 12.9. The molecule has 2 aromatic rings. The Balaban J connectivity index is 2.52. The molecule has 0 saturated carbocycles. The average molecular weight is 235 g/mol. The van der Waals surface area contributed by atoms with Crippen molar-refractivity contribution in [1.82, 2.24) is 4.98 Å². The van der Waals surface area contributed by atoms with Crippen molar-refractivity contribution in [3.63, 3.8) is 0 Å². The molecule has 2 rings (SSSR count). The minimum absolute atomic E-state index is 0.425. The van der Waals surface area contributed by atoms with Crippen molar-refractivity contribution in [1.29, 1.82) is 0 Å². The van der Waals surface area contributed by atoms with Crippen LogP contribution in [-0.4, -0.2) is 11.5 Å². The van der Waals surface area contributed by atoms with Crippen molar-refractivity contribution in [3.05, 3.63) is 41.2 Å². The van der Waals surface area contributed by atoms with Crippen molar-refractivity contribution in [2.24, 2.45) is 11.7 Å². The van der Waals surface area contributed by atoms with Gasteiger partial charge < -0.3 is 5.73 Å². The molecule has 3 heteroatoms. The zero-order valence-corrected chi connectivity index (χ0v) is 10.0. The molecule has 1 atom stereocenters. The van der Waals surface area contributed by atoms with Crippen LogP contribution in [0, 0.1) is 5.92 Å². The highest BCUT2D eigenvalue weighted by Crippen LogP contribution is 2.26. The Morgan fingerprint density at radius 3 is 2.94 bits per heavy atom. The van der Waals surface area contributed by atoms with E-state index >= 15 is 0 Å². The Labute approximate surface area is 100 Å². The second-order valence-corrected chi connectivity index (χ2v) is 4.55. The summed E-state index contributed by atoms with van der Waals surface area (Å²) in [6.45, 7) is 2.79. The molecule has 0 bridgehead atoms. The lowest BCUT2D eigenvalue weighted by molar-refractivity contribution is 0.587. The minimum Gasteiger partial charge on any atom is -0.330 e. The molecule has 0 saturated heterocycles. The summed E-state index contributed by atoms with van der Waals surface area (Å²) in [5.74, 6) is 0.425. The molecule has 0 fully saturated rings. The van der Waals surface area contributed by atoms with Gasteiger partial charge in [-0.1, -0.05) is 30.7 Å². The van der Waals surface area contributed by atoms with Gasteiger partial charge in [-0.3, -0.25) is 4.98 Å². The number of nitrogens with two attached hydrogens (primary N) is 1. The van der Waals surface area contributed by atoms with E-state index in [1.54, 1.807) is 0 Å². The molecule has 2 nitrogen and oxygen atoms in total.